The van der Waals surface area contributed by atoms with E-state index in [2.05, 4.69) is 5.32 Å². The van der Waals surface area contributed by atoms with Gasteiger partial charge in [0.25, 0.3) is 5.91 Å². The monoisotopic (exact) mass is 351 g/mol. The molecular formula is C18H16F3NO3. The van der Waals surface area contributed by atoms with E-state index in [4.69, 9.17) is 4.74 Å². The Balaban J connectivity index is 1.97. The topological polar surface area (TPSA) is 55.4 Å². The normalized spacial score (nSPS) is 12.4. The maximum absolute atomic E-state index is 12.5. The average molecular weight is 351 g/mol. The molecule has 0 saturated heterocycles. The van der Waals surface area contributed by atoms with Crippen LogP contribution in [0.15, 0.2) is 48.5 Å². The fourth-order valence-electron chi connectivity index (χ4n) is 2.04. The van der Waals surface area contributed by atoms with Gasteiger partial charge in [-0.2, -0.15) is 13.2 Å². The van der Waals surface area contributed by atoms with Crippen molar-refractivity contribution in [2.75, 3.05) is 5.32 Å². The van der Waals surface area contributed by atoms with Gasteiger partial charge in [-0.3, -0.25) is 4.79 Å². The van der Waals surface area contributed by atoms with Crippen LogP contribution in [-0.4, -0.2) is 18.0 Å². The van der Waals surface area contributed by atoms with Crippen LogP contribution < -0.4 is 5.32 Å². The summed E-state index contributed by atoms with van der Waals surface area (Å²) < 4.78 is 42.6. The highest BCUT2D eigenvalue weighted by molar-refractivity contribution is 5.97. The van der Waals surface area contributed by atoms with Gasteiger partial charge in [0.2, 0.25) is 0 Å². The molecule has 4 nitrogen and oxygen atoms in total. The molecular weight excluding hydrogens is 335 g/mol. The van der Waals surface area contributed by atoms with Crippen molar-refractivity contribution in [1.82, 2.24) is 0 Å². The summed E-state index contributed by atoms with van der Waals surface area (Å²) in [5, 5.41) is 2.41. The van der Waals surface area contributed by atoms with Gasteiger partial charge in [-0.15, -0.1) is 0 Å². The summed E-state index contributed by atoms with van der Waals surface area (Å²) >= 11 is 0. The first kappa shape index (κ1) is 18.5. The Bertz CT molecular complexity index is 770. The zero-order chi connectivity index (χ0) is 18.6. The summed E-state index contributed by atoms with van der Waals surface area (Å²) in [5.41, 5.74) is 0.548. The van der Waals surface area contributed by atoms with Gasteiger partial charge in [-0.25, -0.2) is 4.79 Å². The minimum atomic E-state index is -4.45. The molecule has 0 heterocycles. The van der Waals surface area contributed by atoms with Crippen LogP contribution >= 0.6 is 0 Å². The highest BCUT2D eigenvalue weighted by atomic mass is 19.4. The molecule has 1 amide bonds. The standard InChI is InChI=1S/C18H16F3NO3/c1-11-4-3-5-13(10-11)17(24)25-12(2)16(23)22-15-8-6-14(7-9-15)18(19,20)21/h3-10,12H,1-2H3,(H,22,23)/t12-/m0/s1. The third-order valence-electron chi connectivity index (χ3n) is 3.39. The molecule has 7 heteroatoms. The van der Waals surface area contributed by atoms with Gasteiger partial charge in [0, 0.05) is 5.69 Å². The molecule has 0 radical (unpaired) electrons. The molecule has 1 atom stereocenters. The van der Waals surface area contributed by atoms with E-state index >= 15 is 0 Å². The van der Waals surface area contributed by atoms with Crippen molar-refractivity contribution >= 4 is 17.6 Å². The average Bonchev–Trinajstić information content (AvgIpc) is 2.54. The smallest absolute Gasteiger partial charge is 0.416 e. The van der Waals surface area contributed by atoms with Crippen LogP contribution in [0.25, 0.3) is 0 Å². The van der Waals surface area contributed by atoms with Gasteiger partial charge in [0.1, 0.15) is 0 Å². The van der Waals surface area contributed by atoms with E-state index in [1.165, 1.54) is 6.92 Å². The summed E-state index contributed by atoms with van der Waals surface area (Å²) in [4.78, 5) is 24.0. The van der Waals surface area contributed by atoms with Crippen LogP contribution in [0, 0.1) is 6.92 Å². The number of hydrogen-bond donors (Lipinski definition) is 1. The molecule has 25 heavy (non-hydrogen) atoms. The number of carbonyl (C=O) groups is 2. The molecule has 2 aromatic rings. The number of esters is 1. The summed E-state index contributed by atoms with van der Waals surface area (Å²) in [6.45, 7) is 3.20. The molecule has 0 bridgehead atoms. The highest BCUT2D eigenvalue weighted by Crippen LogP contribution is 2.29. The molecule has 0 aromatic heterocycles. The van der Waals surface area contributed by atoms with Crippen LogP contribution in [0.4, 0.5) is 18.9 Å². The van der Waals surface area contributed by atoms with E-state index in [-0.39, 0.29) is 5.69 Å². The van der Waals surface area contributed by atoms with Crippen molar-refractivity contribution in [2.45, 2.75) is 26.1 Å². The van der Waals surface area contributed by atoms with Gasteiger partial charge in [-0.05, 0) is 50.2 Å². The SMILES string of the molecule is Cc1cccc(C(=O)O[C@@H](C)C(=O)Nc2ccc(C(F)(F)F)cc2)c1. The maximum atomic E-state index is 12.5. The minimum Gasteiger partial charge on any atom is -0.449 e. The van der Waals surface area contributed by atoms with Crippen LogP contribution in [-0.2, 0) is 15.7 Å². The van der Waals surface area contributed by atoms with Gasteiger partial charge in [0.05, 0.1) is 11.1 Å². The fraction of sp³-hybridized carbons (Fsp3) is 0.222. The van der Waals surface area contributed by atoms with E-state index in [0.29, 0.717) is 5.56 Å². The predicted molar refractivity (Wildman–Crippen MR) is 86.1 cm³/mol. The number of alkyl halides is 3. The number of rotatable bonds is 4. The Morgan fingerprint density at radius 2 is 1.72 bits per heavy atom. The van der Waals surface area contributed by atoms with Gasteiger partial charge >= 0.3 is 12.1 Å². The van der Waals surface area contributed by atoms with E-state index < -0.39 is 29.7 Å². The van der Waals surface area contributed by atoms with Crippen LogP contribution in [0.3, 0.4) is 0 Å². The number of nitrogens with one attached hydrogen (secondary N) is 1. The predicted octanol–water partition coefficient (Wildman–Crippen LogP) is 4.20. The molecule has 0 unspecified atom stereocenters. The van der Waals surface area contributed by atoms with Gasteiger partial charge in [0.15, 0.2) is 6.10 Å². The van der Waals surface area contributed by atoms with Crippen molar-refractivity contribution in [2.24, 2.45) is 0 Å². The van der Waals surface area contributed by atoms with E-state index in [1.54, 1.807) is 18.2 Å². The minimum absolute atomic E-state index is 0.177. The molecule has 132 valence electrons. The third-order valence-corrected chi connectivity index (χ3v) is 3.39. The number of benzene rings is 2. The number of carbonyl (C=O) groups excluding carboxylic acids is 2. The zero-order valence-corrected chi connectivity index (χ0v) is 13.6. The van der Waals surface area contributed by atoms with E-state index in [0.717, 1.165) is 29.8 Å². The first-order chi connectivity index (χ1) is 11.7. The van der Waals surface area contributed by atoms with E-state index in [1.807, 2.05) is 13.0 Å². The Hall–Kier alpha value is -2.83. The van der Waals surface area contributed by atoms with Crippen molar-refractivity contribution in [3.8, 4) is 0 Å². The number of hydrogen-bond acceptors (Lipinski definition) is 3. The number of aryl methyl sites for hydroxylation is 1. The van der Waals surface area contributed by atoms with Gasteiger partial charge in [-0.1, -0.05) is 17.7 Å². The lowest BCUT2D eigenvalue weighted by Gasteiger charge is -2.14. The van der Waals surface area contributed by atoms with Crippen LogP contribution in [0.1, 0.15) is 28.4 Å². The fourth-order valence-corrected chi connectivity index (χ4v) is 2.04. The molecule has 0 saturated carbocycles. The summed E-state index contributed by atoms with van der Waals surface area (Å²) in [6.07, 6.45) is -5.55. The van der Waals surface area contributed by atoms with Crippen molar-refractivity contribution in [1.29, 1.82) is 0 Å². The van der Waals surface area contributed by atoms with Crippen LogP contribution in [0.2, 0.25) is 0 Å². The van der Waals surface area contributed by atoms with Crippen molar-refractivity contribution in [3.05, 3.63) is 65.2 Å². The maximum Gasteiger partial charge on any atom is 0.416 e. The number of ether oxygens (including phenoxy) is 1. The second-order valence-electron chi connectivity index (χ2n) is 5.48. The Morgan fingerprint density at radius 3 is 2.28 bits per heavy atom. The summed E-state index contributed by atoms with van der Waals surface area (Å²) in [7, 11) is 0. The molecule has 2 rings (SSSR count). The molecule has 0 aliphatic rings. The molecule has 0 fully saturated rings. The molecule has 0 spiro atoms. The molecule has 0 aliphatic carbocycles. The molecule has 1 N–H and O–H groups in total. The first-order valence-corrected chi connectivity index (χ1v) is 7.42. The second-order valence-corrected chi connectivity index (χ2v) is 5.48. The Morgan fingerprint density at radius 1 is 1.08 bits per heavy atom. The second kappa shape index (κ2) is 7.38. The van der Waals surface area contributed by atoms with Crippen molar-refractivity contribution in [3.63, 3.8) is 0 Å². The lowest BCUT2D eigenvalue weighted by molar-refractivity contribution is -0.137. The third kappa shape index (κ3) is 5.07. The lowest BCUT2D eigenvalue weighted by Crippen LogP contribution is -2.30. The first-order valence-electron chi connectivity index (χ1n) is 7.42. The molecule has 0 aliphatic heterocycles. The zero-order valence-electron chi connectivity index (χ0n) is 13.6. The number of anilines is 1. The Labute approximate surface area is 142 Å². The summed E-state index contributed by atoms with van der Waals surface area (Å²) in [6, 6.07) is 10.7. The number of halogens is 3. The molecule has 2 aromatic carbocycles. The largest absolute Gasteiger partial charge is 0.449 e. The Kier molecular flexibility index (Phi) is 5.46. The number of amides is 1. The van der Waals surface area contributed by atoms with E-state index in [9.17, 15) is 22.8 Å². The van der Waals surface area contributed by atoms with Crippen molar-refractivity contribution < 1.29 is 27.5 Å². The van der Waals surface area contributed by atoms with Gasteiger partial charge < -0.3 is 10.1 Å². The summed E-state index contributed by atoms with van der Waals surface area (Å²) in [5.74, 6) is -1.29. The van der Waals surface area contributed by atoms with Crippen LogP contribution in [0.5, 0.6) is 0 Å². The quantitative estimate of drug-likeness (QED) is 0.840. The lowest BCUT2D eigenvalue weighted by atomic mass is 10.1. The highest BCUT2D eigenvalue weighted by Gasteiger charge is 2.30.